The number of esters is 3. The predicted octanol–water partition coefficient (Wildman–Crippen LogP) is 5.80. The van der Waals surface area contributed by atoms with Crippen LogP contribution in [-0.2, 0) is 28.6 Å². The lowest BCUT2D eigenvalue weighted by Crippen LogP contribution is -2.68. The molecule has 0 amide bonds. The third-order valence-electron chi connectivity index (χ3n) is 13.2. The van der Waals surface area contributed by atoms with Crippen molar-refractivity contribution in [2.75, 3.05) is 13.7 Å². The van der Waals surface area contributed by atoms with Crippen LogP contribution in [0.1, 0.15) is 86.0 Å². The van der Waals surface area contributed by atoms with E-state index in [0.29, 0.717) is 37.7 Å². The maximum Gasteiger partial charge on any atom is 0.315 e. The lowest BCUT2D eigenvalue weighted by Gasteiger charge is -2.67. The van der Waals surface area contributed by atoms with E-state index in [1.165, 1.54) is 14.0 Å². The molecule has 6 rings (SSSR count). The molecule has 0 aromatic rings. The molecule has 1 saturated heterocycles. The largest absolute Gasteiger partial charge is 0.468 e. The molecule has 38 heavy (non-hydrogen) atoms. The zero-order valence-corrected chi connectivity index (χ0v) is 24.0. The van der Waals surface area contributed by atoms with Gasteiger partial charge in [0, 0.05) is 24.2 Å². The summed E-state index contributed by atoms with van der Waals surface area (Å²) >= 11 is 0. The van der Waals surface area contributed by atoms with E-state index in [-0.39, 0.29) is 46.0 Å². The maximum absolute atomic E-state index is 14.5. The number of carbonyl (C=O) groups excluding carboxylic acids is 3. The smallest absolute Gasteiger partial charge is 0.315 e. The fourth-order valence-electron chi connectivity index (χ4n) is 11.8. The van der Waals surface area contributed by atoms with Crippen molar-refractivity contribution >= 4 is 17.9 Å². The Hall–Kier alpha value is -2.11. The first-order chi connectivity index (χ1) is 17.8. The van der Waals surface area contributed by atoms with Crippen LogP contribution >= 0.6 is 0 Å². The van der Waals surface area contributed by atoms with Crippen LogP contribution in [0.15, 0.2) is 24.3 Å². The van der Waals surface area contributed by atoms with Gasteiger partial charge in [0.15, 0.2) is 0 Å². The molecule has 6 nitrogen and oxygen atoms in total. The number of allylic oxidation sites excluding steroid dienone is 1. The van der Waals surface area contributed by atoms with E-state index >= 15 is 0 Å². The van der Waals surface area contributed by atoms with Gasteiger partial charge in [-0.25, -0.2) is 0 Å². The minimum absolute atomic E-state index is 0.0150. The number of ether oxygens (including phenoxy) is 3. The average molecular weight is 525 g/mol. The van der Waals surface area contributed by atoms with Crippen LogP contribution in [0.2, 0.25) is 0 Å². The van der Waals surface area contributed by atoms with Crippen molar-refractivity contribution in [3.63, 3.8) is 0 Å². The highest BCUT2D eigenvalue weighted by atomic mass is 16.6. The van der Waals surface area contributed by atoms with Crippen LogP contribution in [0.3, 0.4) is 0 Å². The molecule has 6 aliphatic rings. The predicted molar refractivity (Wildman–Crippen MR) is 142 cm³/mol. The summed E-state index contributed by atoms with van der Waals surface area (Å²) in [6.45, 7) is 15.2. The first-order valence-corrected chi connectivity index (χ1v) is 14.6. The summed E-state index contributed by atoms with van der Waals surface area (Å²) in [6.07, 6.45) is 11.2. The van der Waals surface area contributed by atoms with E-state index < -0.39 is 16.4 Å². The number of rotatable bonds is 4. The topological polar surface area (TPSA) is 78.9 Å². The molecule has 5 fully saturated rings. The molecule has 1 heterocycles. The highest BCUT2D eigenvalue weighted by molar-refractivity contribution is 5.88. The van der Waals surface area contributed by atoms with Crippen molar-refractivity contribution in [1.29, 1.82) is 0 Å². The Kier molecular flexibility index (Phi) is 5.33. The first kappa shape index (κ1) is 26.1. The summed E-state index contributed by atoms with van der Waals surface area (Å²) in [5, 5.41) is 0. The Morgan fingerprint density at radius 3 is 2.34 bits per heavy atom. The van der Waals surface area contributed by atoms with Crippen LogP contribution in [0.5, 0.6) is 0 Å². The van der Waals surface area contributed by atoms with Crippen molar-refractivity contribution in [3.05, 3.63) is 24.3 Å². The standard InChI is InChI=1S/C32H44O6/c1-19(2)21-10-13-30(25(34)36-7)16-17-31-24(32(21,30)38-26(31)35)9-8-23-28(5)15-14-27(4,18-37-20(3)33)22(28)11-12-29(23,31)6/h14-15,21-24H,1,8-13,16-18H2,2-7H3. The maximum atomic E-state index is 14.5. The van der Waals surface area contributed by atoms with E-state index in [0.717, 1.165) is 37.7 Å². The van der Waals surface area contributed by atoms with Gasteiger partial charge < -0.3 is 14.2 Å². The van der Waals surface area contributed by atoms with E-state index in [2.05, 4.69) is 39.5 Å². The molecular weight excluding hydrogens is 480 g/mol. The summed E-state index contributed by atoms with van der Waals surface area (Å²) in [7, 11) is 1.47. The van der Waals surface area contributed by atoms with E-state index in [1.807, 2.05) is 6.92 Å². The second-order valence-electron chi connectivity index (χ2n) is 14.3. The highest BCUT2D eigenvalue weighted by Crippen LogP contribution is 2.81. The van der Waals surface area contributed by atoms with Gasteiger partial charge in [-0.05, 0) is 81.0 Å². The second kappa shape index (κ2) is 7.75. The molecule has 5 aliphatic carbocycles. The molecular formula is C32H44O6. The molecule has 0 aromatic heterocycles. The summed E-state index contributed by atoms with van der Waals surface area (Å²) in [5.74, 6) is 0.0690. The minimum Gasteiger partial charge on any atom is -0.468 e. The van der Waals surface area contributed by atoms with Crippen molar-refractivity contribution < 1.29 is 28.6 Å². The summed E-state index contributed by atoms with van der Waals surface area (Å²) < 4.78 is 17.7. The van der Waals surface area contributed by atoms with E-state index in [4.69, 9.17) is 14.2 Å². The number of hydrogen-bond acceptors (Lipinski definition) is 6. The van der Waals surface area contributed by atoms with Gasteiger partial charge in [-0.2, -0.15) is 0 Å². The number of methoxy groups -OCH3 is 1. The SMILES string of the molecule is C=C(C)C1CCC2(C(=O)OC)CCC34C(=O)OC12C3CCC1C2(C)C=CC(C)(COC(C)=O)C2CCC14C. The molecule has 6 heteroatoms. The molecule has 208 valence electrons. The molecule has 2 bridgehead atoms. The van der Waals surface area contributed by atoms with Gasteiger partial charge in [0.2, 0.25) is 0 Å². The molecule has 1 spiro atoms. The normalized spacial score (nSPS) is 51.8. The fourth-order valence-corrected chi connectivity index (χ4v) is 11.8. The van der Waals surface area contributed by atoms with Gasteiger partial charge in [-0.1, -0.05) is 45.1 Å². The second-order valence-corrected chi connectivity index (χ2v) is 14.3. The Morgan fingerprint density at radius 1 is 0.974 bits per heavy atom. The molecule has 4 saturated carbocycles. The van der Waals surface area contributed by atoms with Gasteiger partial charge >= 0.3 is 17.9 Å². The molecule has 10 atom stereocenters. The summed E-state index contributed by atoms with van der Waals surface area (Å²) in [6, 6.07) is 0. The van der Waals surface area contributed by atoms with Crippen molar-refractivity contribution in [1.82, 2.24) is 0 Å². The zero-order valence-electron chi connectivity index (χ0n) is 24.0. The van der Waals surface area contributed by atoms with Gasteiger partial charge in [0.05, 0.1) is 12.5 Å². The van der Waals surface area contributed by atoms with Gasteiger partial charge in [0.25, 0.3) is 0 Å². The molecule has 0 radical (unpaired) electrons. The van der Waals surface area contributed by atoms with Crippen molar-refractivity contribution in [2.24, 2.45) is 50.7 Å². The Bertz CT molecular complexity index is 1160. The number of carbonyl (C=O) groups is 3. The van der Waals surface area contributed by atoms with Crippen molar-refractivity contribution in [3.8, 4) is 0 Å². The van der Waals surface area contributed by atoms with Crippen LogP contribution in [0.4, 0.5) is 0 Å². The van der Waals surface area contributed by atoms with E-state index in [1.54, 1.807) is 0 Å². The third-order valence-corrected chi connectivity index (χ3v) is 13.2. The molecule has 0 aromatic carbocycles. The third kappa shape index (κ3) is 2.64. The minimum atomic E-state index is -0.859. The summed E-state index contributed by atoms with van der Waals surface area (Å²) in [5.41, 5.74) is -1.81. The van der Waals surface area contributed by atoms with E-state index in [9.17, 15) is 14.4 Å². The van der Waals surface area contributed by atoms with Crippen LogP contribution in [0.25, 0.3) is 0 Å². The Labute approximate surface area is 226 Å². The molecule has 0 N–H and O–H groups in total. The van der Waals surface area contributed by atoms with Crippen LogP contribution in [-0.4, -0.2) is 37.2 Å². The van der Waals surface area contributed by atoms with Gasteiger partial charge in [0.1, 0.15) is 17.6 Å². The van der Waals surface area contributed by atoms with Crippen LogP contribution < -0.4 is 0 Å². The summed E-state index contributed by atoms with van der Waals surface area (Å²) in [4.78, 5) is 39.7. The van der Waals surface area contributed by atoms with Crippen LogP contribution in [0, 0.1) is 50.7 Å². The number of fused-ring (bicyclic) bond motifs is 3. The number of hydrogen-bond donors (Lipinski definition) is 0. The average Bonchev–Trinajstić information content (AvgIpc) is 3.41. The first-order valence-electron chi connectivity index (χ1n) is 14.6. The van der Waals surface area contributed by atoms with Gasteiger partial charge in [-0.3, -0.25) is 14.4 Å². The highest BCUT2D eigenvalue weighted by Gasteiger charge is 2.86. The van der Waals surface area contributed by atoms with Gasteiger partial charge in [-0.15, -0.1) is 0 Å². The molecule has 1 aliphatic heterocycles. The Balaban J connectivity index is 1.45. The molecule has 10 unspecified atom stereocenters. The Morgan fingerprint density at radius 2 is 1.68 bits per heavy atom. The lowest BCUT2D eigenvalue weighted by atomic mass is 9.34. The van der Waals surface area contributed by atoms with Crippen molar-refractivity contribution in [2.45, 2.75) is 91.6 Å². The zero-order chi connectivity index (χ0) is 27.5. The fraction of sp³-hybridized carbons (Fsp3) is 0.781. The quantitative estimate of drug-likeness (QED) is 0.263. The monoisotopic (exact) mass is 524 g/mol. The lowest BCUT2D eigenvalue weighted by molar-refractivity contribution is -0.216.